The van der Waals surface area contributed by atoms with Crippen LogP contribution in [-0.2, 0) is 14.3 Å². The highest BCUT2D eigenvalue weighted by atomic mass is 19.3. The summed E-state index contributed by atoms with van der Waals surface area (Å²) in [6.45, 7) is 3.82. The highest BCUT2D eigenvalue weighted by molar-refractivity contribution is 5.88. The van der Waals surface area contributed by atoms with Crippen LogP contribution in [0.5, 0.6) is 5.75 Å². The number of benzene rings is 1. The zero-order chi connectivity index (χ0) is 25.9. The number of hydrogen-bond donors (Lipinski definition) is 0. The summed E-state index contributed by atoms with van der Waals surface area (Å²) < 4.78 is 36.5. The quantitative estimate of drug-likeness (QED) is 0.300. The van der Waals surface area contributed by atoms with Crippen molar-refractivity contribution in [3.05, 3.63) is 39.9 Å². The normalized spacial score (nSPS) is 25.5. The highest BCUT2D eigenvalue weighted by Gasteiger charge is 2.64. The van der Waals surface area contributed by atoms with Gasteiger partial charge in [-0.2, -0.15) is 8.78 Å². The van der Waals surface area contributed by atoms with E-state index in [-0.39, 0.29) is 23.8 Å². The first-order chi connectivity index (χ1) is 16.5. The third-order valence-corrected chi connectivity index (χ3v) is 7.07. The Morgan fingerprint density at radius 1 is 1.17 bits per heavy atom. The Labute approximate surface area is 204 Å². The second-order valence-electron chi connectivity index (χ2n) is 10.3. The van der Waals surface area contributed by atoms with E-state index in [1.54, 1.807) is 33.8 Å². The van der Waals surface area contributed by atoms with Crippen molar-refractivity contribution in [3.8, 4) is 5.75 Å². The molecule has 0 N–H and O–H groups in total. The number of nitrogens with zero attached hydrogens (tertiary/aromatic N) is 2. The molecule has 0 bridgehead atoms. The predicted octanol–water partition coefficient (Wildman–Crippen LogP) is 4.99. The maximum atomic E-state index is 14.0. The van der Waals surface area contributed by atoms with Gasteiger partial charge in [0.15, 0.2) is 0 Å². The lowest BCUT2D eigenvalue weighted by Crippen LogP contribution is -2.50. The van der Waals surface area contributed by atoms with Crippen LogP contribution >= 0.6 is 0 Å². The Kier molecular flexibility index (Phi) is 8.33. The van der Waals surface area contributed by atoms with E-state index in [1.165, 1.54) is 23.1 Å². The molecule has 1 saturated carbocycles. The predicted molar refractivity (Wildman–Crippen MR) is 123 cm³/mol. The van der Waals surface area contributed by atoms with Crippen molar-refractivity contribution in [3.63, 3.8) is 0 Å². The van der Waals surface area contributed by atoms with Crippen LogP contribution in [0.25, 0.3) is 0 Å². The second kappa shape index (κ2) is 10.9. The van der Waals surface area contributed by atoms with Crippen molar-refractivity contribution in [2.24, 2.45) is 17.3 Å². The molecule has 1 aliphatic carbocycles. The lowest BCUT2D eigenvalue weighted by molar-refractivity contribution is -0.536. The van der Waals surface area contributed by atoms with Crippen LogP contribution in [0.2, 0.25) is 0 Å². The average molecular weight is 497 g/mol. The molecule has 8 nitrogen and oxygen atoms in total. The number of esters is 1. The van der Waals surface area contributed by atoms with E-state index in [1.807, 2.05) is 0 Å². The highest BCUT2D eigenvalue weighted by Crippen LogP contribution is 2.52. The summed E-state index contributed by atoms with van der Waals surface area (Å²) in [5.74, 6) is -2.68. The first-order valence-electron chi connectivity index (χ1n) is 12.1. The van der Waals surface area contributed by atoms with Gasteiger partial charge < -0.3 is 14.4 Å². The standard InChI is InChI=1S/C25H34F2N2O6/c1-5-34-23(31)21-18(25(2,3)4)20(29(32)33)19(16-13-9-10-14-17(16)35-24(26)27)28(21)22(30)15-11-7-6-8-12-15/h9-10,13-15,18-21,24H,5-8,11-12H2,1-4H3/t18-,19-,20-,21-/m0/s1. The molecule has 0 unspecified atom stereocenters. The van der Waals surface area contributed by atoms with Gasteiger partial charge in [-0.25, -0.2) is 4.79 Å². The molecule has 1 amide bonds. The van der Waals surface area contributed by atoms with E-state index in [4.69, 9.17) is 9.47 Å². The summed E-state index contributed by atoms with van der Waals surface area (Å²) in [6, 6.07) is 1.85. The zero-order valence-corrected chi connectivity index (χ0v) is 20.6. The van der Waals surface area contributed by atoms with Gasteiger partial charge in [-0.1, -0.05) is 58.2 Å². The molecule has 3 rings (SSSR count). The number of carbonyl (C=O) groups excluding carboxylic acids is 2. The SMILES string of the molecule is CCOC(=O)[C@@H]1[C@@H](C(C)(C)C)[C@H]([N+](=O)[O-])[C@H](c2ccccc2OC(F)F)N1C(=O)C1CCCCC1. The van der Waals surface area contributed by atoms with Crippen LogP contribution in [0.4, 0.5) is 8.78 Å². The van der Waals surface area contributed by atoms with Gasteiger partial charge in [0.1, 0.15) is 17.8 Å². The maximum absolute atomic E-state index is 14.0. The molecule has 10 heteroatoms. The lowest BCUT2D eigenvalue weighted by atomic mass is 9.72. The molecule has 2 fully saturated rings. The van der Waals surface area contributed by atoms with Gasteiger partial charge in [0.25, 0.3) is 0 Å². The van der Waals surface area contributed by atoms with Gasteiger partial charge in [-0.15, -0.1) is 0 Å². The number of nitro groups is 1. The molecule has 0 spiro atoms. The number of ether oxygens (including phenoxy) is 2. The smallest absolute Gasteiger partial charge is 0.387 e. The van der Waals surface area contributed by atoms with Gasteiger partial charge >= 0.3 is 12.6 Å². The molecule has 1 aromatic carbocycles. The number of rotatable bonds is 7. The number of halogens is 2. The largest absolute Gasteiger partial charge is 0.464 e. The van der Waals surface area contributed by atoms with Gasteiger partial charge in [0.2, 0.25) is 11.9 Å². The van der Waals surface area contributed by atoms with E-state index in [2.05, 4.69) is 0 Å². The monoisotopic (exact) mass is 496 g/mol. The molecule has 0 radical (unpaired) electrons. The zero-order valence-electron chi connectivity index (χ0n) is 20.6. The number of para-hydroxylation sites is 1. The number of amides is 1. The molecular weight excluding hydrogens is 462 g/mol. The molecule has 2 aliphatic rings. The van der Waals surface area contributed by atoms with Crippen LogP contribution in [0.15, 0.2) is 24.3 Å². The Hall–Kier alpha value is -2.78. The van der Waals surface area contributed by atoms with Crippen molar-refractivity contribution in [2.45, 2.75) is 84.5 Å². The fourth-order valence-corrected chi connectivity index (χ4v) is 5.71. The van der Waals surface area contributed by atoms with E-state index >= 15 is 0 Å². The van der Waals surface area contributed by atoms with E-state index in [0.29, 0.717) is 12.8 Å². The molecule has 1 saturated heterocycles. The fourth-order valence-electron chi connectivity index (χ4n) is 5.71. The summed E-state index contributed by atoms with van der Waals surface area (Å²) in [4.78, 5) is 40.6. The Balaban J connectivity index is 2.26. The summed E-state index contributed by atoms with van der Waals surface area (Å²) >= 11 is 0. The average Bonchev–Trinajstić information content (AvgIpc) is 3.16. The van der Waals surface area contributed by atoms with Crippen LogP contribution < -0.4 is 4.74 Å². The van der Waals surface area contributed by atoms with E-state index in [0.717, 1.165) is 19.3 Å². The van der Waals surface area contributed by atoms with Crippen molar-refractivity contribution in [1.29, 1.82) is 0 Å². The Bertz CT molecular complexity index is 929. The van der Waals surface area contributed by atoms with Crippen molar-refractivity contribution >= 4 is 11.9 Å². The first-order valence-corrected chi connectivity index (χ1v) is 12.1. The Morgan fingerprint density at radius 3 is 2.34 bits per heavy atom. The number of alkyl halides is 2. The number of carbonyl (C=O) groups is 2. The van der Waals surface area contributed by atoms with Gasteiger partial charge in [-0.05, 0) is 31.2 Å². The number of likely N-dealkylation sites (tertiary alicyclic amines) is 1. The minimum absolute atomic E-state index is 0.0382. The van der Waals surface area contributed by atoms with Crippen LogP contribution in [0, 0.1) is 27.4 Å². The topological polar surface area (TPSA) is 99.0 Å². The minimum Gasteiger partial charge on any atom is -0.464 e. The van der Waals surface area contributed by atoms with Crippen LogP contribution in [0.3, 0.4) is 0 Å². The maximum Gasteiger partial charge on any atom is 0.387 e. The molecule has 1 aromatic rings. The minimum atomic E-state index is -3.16. The van der Waals surface area contributed by atoms with Gasteiger partial charge in [-0.3, -0.25) is 14.9 Å². The summed E-state index contributed by atoms with van der Waals surface area (Å²) in [7, 11) is 0. The van der Waals surface area contributed by atoms with E-state index in [9.17, 15) is 28.5 Å². The fraction of sp³-hybridized carbons (Fsp3) is 0.680. The molecule has 0 aromatic heterocycles. The van der Waals surface area contributed by atoms with Crippen LogP contribution in [0.1, 0.15) is 71.4 Å². The lowest BCUT2D eigenvalue weighted by Gasteiger charge is -2.35. The third-order valence-electron chi connectivity index (χ3n) is 7.07. The van der Waals surface area contributed by atoms with Gasteiger partial charge in [0.05, 0.1) is 12.5 Å². The molecular formula is C25H34F2N2O6. The van der Waals surface area contributed by atoms with Crippen LogP contribution in [-0.4, -0.2) is 47.0 Å². The third kappa shape index (κ3) is 5.56. The molecule has 1 heterocycles. The second-order valence-corrected chi connectivity index (χ2v) is 10.3. The molecule has 4 atom stereocenters. The Morgan fingerprint density at radius 2 is 1.80 bits per heavy atom. The molecule has 194 valence electrons. The summed E-state index contributed by atoms with van der Waals surface area (Å²) in [6.07, 6.45) is 3.88. The van der Waals surface area contributed by atoms with Crippen molar-refractivity contribution in [2.75, 3.05) is 6.61 Å². The molecule has 35 heavy (non-hydrogen) atoms. The van der Waals surface area contributed by atoms with E-state index < -0.39 is 52.9 Å². The van der Waals surface area contributed by atoms with Gasteiger partial charge in [0, 0.05) is 16.4 Å². The van der Waals surface area contributed by atoms with Crippen molar-refractivity contribution in [1.82, 2.24) is 4.90 Å². The molecule has 1 aliphatic heterocycles. The summed E-state index contributed by atoms with van der Waals surface area (Å²) in [5, 5.41) is 12.6. The van der Waals surface area contributed by atoms with Crippen molar-refractivity contribution < 1.29 is 32.8 Å². The summed E-state index contributed by atoms with van der Waals surface area (Å²) in [5.41, 5.74) is -0.701. The first kappa shape index (κ1) is 26.8. The number of hydrogen-bond acceptors (Lipinski definition) is 6.